The normalized spacial score (nSPS) is 25.0. The van der Waals surface area contributed by atoms with Gasteiger partial charge >= 0.3 is 71.4 Å². The van der Waals surface area contributed by atoms with Crippen LogP contribution in [-0.4, -0.2) is 22.5 Å². The molecule has 0 aromatic rings. The second kappa shape index (κ2) is 4.59. The molecule has 0 aromatic heterocycles. The van der Waals surface area contributed by atoms with Crippen LogP contribution >= 0.6 is 0 Å². The second-order valence-electron chi connectivity index (χ2n) is 3.04. The summed E-state index contributed by atoms with van der Waals surface area (Å²) in [4.78, 5) is 0. The third-order valence-corrected chi connectivity index (χ3v) is 3.75. The summed E-state index contributed by atoms with van der Waals surface area (Å²) < 4.78 is 1.11. The molecule has 0 spiro atoms. The Kier molecular flexibility index (Phi) is 4.03. The van der Waals surface area contributed by atoms with Crippen LogP contribution in [0.5, 0.6) is 0 Å². The van der Waals surface area contributed by atoms with Gasteiger partial charge in [0.15, 0.2) is 0 Å². The van der Waals surface area contributed by atoms with Crippen molar-refractivity contribution in [3.8, 4) is 0 Å². The SMILES string of the molecule is [Sn][CH]1CCCCCCC1. The molecule has 0 N–H and O–H groups in total. The van der Waals surface area contributed by atoms with Crippen LogP contribution in [0.4, 0.5) is 0 Å². The summed E-state index contributed by atoms with van der Waals surface area (Å²) in [6.45, 7) is 0. The van der Waals surface area contributed by atoms with E-state index < -0.39 is 0 Å². The number of hydrogen-bond acceptors (Lipinski definition) is 0. The molecule has 1 aliphatic carbocycles. The number of rotatable bonds is 0. The Balaban J connectivity index is 2.12. The molecule has 0 heterocycles. The zero-order valence-electron chi connectivity index (χ0n) is 6.03. The van der Waals surface area contributed by atoms with Crippen molar-refractivity contribution in [2.45, 2.75) is 48.9 Å². The van der Waals surface area contributed by atoms with Crippen molar-refractivity contribution in [1.82, 2.24) is 0 Å². The molecule has 9 heavy (non-hydrogen) atoms. The van der Waals surface area contributed by atoms with Crippen LogP contribution in [0.3, 0.4) is 0 Å². The summed E-state index contributed by atoms with van der Waals surface area (Å²) in [5, 5.41) is 0. The molecule has 0 nitrogen and oxygen atoms in total. The minimum atomic E-state index is 1.11. The van der Waals surface area contributed by atoms with Gasteiger partial charge in [-0.2, -0.15) is 0 Å². The summed E-state index contributed by atoms with van der Waals surface area (Å²) in [7, 11) is 0. The van der Waals surface area contributed by atoms with Crippen LogP contribution < -0.4 is 0 Å². The van der Waals surface area contributed by atoms with Crippen LogP contribution in [0.1, 0.15) is 44.9 Å². The molecule has 0 amide bonds. The third-order valence-electron chi connectivity index (χ3n) is 2.11. The average Bonchev–Trinajstić information content (AvgIpc) is 1.79. The molecule has 0 aliphatic heterocycles. The van der Waals surface area contributed by atoms with Gasteiger partial charge < -0.3 is 0 Å². The van der Waals surface area contributed by atoms with Gasteiger partial charge in [-0.05, 0) is 0 Å². The Labute approximate surface area is 71.5 Å². The van der Waals surface area contributed by atoms with Crippen molar-refractivity contribution in [3.05, 3.63) is 0 Å². The van der Waals surface area contributed by atoms with Crippen molar-refractivity contribution >= 4 is 22.5 Å². The third kappa shape index (κ3) is 3.49. The van der Waals surface area contributed by atoms with E-state index in [2.05, 4.69) is 0 Å². The first-order chi connectivity index (χ1) is 4.39. The van der Waals surface area contributed by atoms with Crippen molar-refractivity contribution in [1.29, 1.82) is 0 Å². The maximum absolute atomic E-state index is 1.78. The summed E-state index contributed by atoms with van der Waals surface area (Å²) in [6, 6.07) is 0. The molecule has 1 rings (SSSR count). The molecular weight excluding hydrogens is 215 g/mol. The predicted octanol–water partition coefficient (Wildman–Crippen LogP) is 2.69. The van der Waals surface area contributed by atoms with Gasteiger partial charge in [0.05, 0.1) is 0 Å². The Morgan fingerprint density at radius 2 is 1.22 bits per heavy atom. The van der Waals surface area contributed by atoms with Crippen molar-refractivity contribution in [2.24, 2.45) is 0 Å². The molecule has 0 aromatic carbocycles. The van der Waals surface area contributed by atoms with E-state index in [1.54, 1.807) is 22.5 Å². The van der Waals surface area contributed by atoms with Crippen LogP contribution in [0.2, 0.25) is 3.93 Å². The van der Waals surface area contributed by atoms with Crippen LogP contribution in [-0.2, 0) is 0 Å². The van der Waals surface area contributed by atoms with Gasteiger partial charge in [0.1, 0.15) is 0 Å². The summed E-state index contributed by atoms with van der Waals surface area (Å²) in [6.07, 6.45) is 10.6. The Morgan fingerprint density at radius 1 is 0.778 bits per heavy atom. The fourth-order valence-electron chi connectivity index (χ4n) is 1.46. The van der Waals surface area contributed by atoms with Crippen molar-refractivity contribution < 1.29 is 0 Å². The zero-order chi connectivity index (χ0) is 6.53. The molecular formula is C8H15Sn. The quantitative estimate of drug-likeness (QED) is 0.561. The van der Waals surface area contributed by atoms with Crippen LogP contribution in [0.15, 0.2) is 0 Å². The molecule has 51 valence electrons. The summed E-state index contributed by atoms with van der Waals surface area (Å²) in [5.74, 6) is 0. The molecule has 1 saturated carbocycles. The van der Waals surface area contributed by atoms with Crippen LogP contribution in [0, 0.1) is 0 Å². The summed E-state index contributed by atoms with van der Waals surface area (Å²) in [5.41, 5.74) is 0. The molecule has 0 atom stereocenters. The first-order valence-corrected chi connectivity index (χ1v) is 5.75. The molecule has 1 heteroatoms. The molecule has 3 radical (unpaired) electrons. The van der Waals surface area contributed by atoms with E-state index in [9.17, 15) is 0 Å². The van der Waals surface area contributed by atoms with Gasteiger partial charge in [-0.15, -0.1) is 0 Å². The predicted molar refractivity (Wildman–Crippen MR) is 41.8 cm³/mol. The van der Waals surface area contributed by atoms with E-state index in [1.807, 2.05) is 0 Å². The van der Waals surface area contributed by atoms with Gasteiger partial charge in [0.25, 0.3) is 0 Å². The van der Waals surface area contributed by atoms with Crippen molar-refractivity contribution in [3.63, 3.8) is 0 Å². The monoisotopic (exact) mass is 231 g/mol. The molecule has 0 unspecified atom stereocenters. The van der Waals surface area contributed by atoms with Gasteiger partial charge in [-0.3, -0.25) is 0 Å². The van der Waals surface area contributed by atoms with Gasteiger partial charge in [-0.1, -0.05) is 0 Å². The number of hydrogen-bond donors (Lipinski definition) is 0. The van der Waals surface area contributed by atoms with E-state index in [-0.39, 0.29) is 0 Å². The molecule has 0 bridgehead atoms. The molecule has 0 saturated heterocycles. The van der Waals surface area contributed by atoms with E-state index in [4.69, 9.17) is 0 Å². The van der Waals surface area contributed by atoms with E-state index >= 15 is 0 Å². The Bertz CT molecular complexity index is 63.0. The topological polar surface area (TPSA) is 0 Å². The van der Waals surface area contributed by atoms with E-state index in [1.165, 1.54) is 44.9 Å². The fourth-order valence-corrected chi connectivity index (χ4v) is 2.62. The Hall–Kier alpha value is 0.799. The van der Waals surface area contributed by atoms with Crippen molar-refractivity contribution in [2.75, 3.05) is 0 Å². The zero-order valence-corrected chi connectivity index (χ0v) is 8.88. The standard InChI is InChI=1S/C8H15.Sn/c1-2-4-6-8-7-5-3-1;/h1H,2-8H2;. The van der Waals surface area contributed by atoms with E-state index in [0.717, 1.165) is 3.93 Å². The fraction of sp³-hybridized carbons (Fsp3) is 1.00. The van der Waals surface area contributed by atoms with Crippen LogP contribution in [0.25, 0.3) is 0 Å². The van der Waals surface area contributed by atoms with Gasteiger partial charge in [0.2, 0.25) is 0 Å². The maximum atomic E-state index is 1.78. The minimum absolute atomic E-state index is 1.11. The second-order valence-corrected chi connectivity index (χ2v) is 5.37. The van der Waals surface area contributed by atoms with Gasteiger partial charge in [0, 0.05) is 0 Å². The Morgan fingerprint density at radius 3 is 1.78 bits per heavy atom. The summed E-state index contributed by atoms with van der Waals surface area (Å²) >= 11 is 1.78. The average molecular weight is 230 g/mol. The first-order valence-electron chi connectivity index (χ1n) is 4.11. The first kappa shape index (κ1) is 7.90. The molecule has 1 aliphatic rings. The van der Waals surface area contributed by atoms with Gasteiger partial charge in [-0.25, -0.2) is 0 Å². The van der Waals surface area contributed by atoms with E-state index in [0.29, 0.717) is 0 Å². The molecule has 1 fully saturated rings.